The minimum atomic E-state index is -0.435. The lowest BCUT2D eigenvalue weighted by Gasteiger charge is -2.35. The van der Waals surface area contributed by atoms with Crippen molar-refractivity contribution in [2.75, 3.05) is 33.2 Å². The van der Waals surface area contributed by atoms with Crippen molar-refractivity contribution in [3.8, 4) is 0 Å². The molecule has 0 amide bonds. The van der Waals surface area contributed by atoms with Crippen LogP contribution in [0.5, 0.6) is 0 Å². The van der Waals surface area contributed by atoms with Crippen molar-refractivity contribution < 1.29 is 5.11 Å². The van der Waals surface area contributed by atoms with Crippen LogP contribution in [0.25, 0.3) is 0 Å². The van der Waals surface area contributed by atoms with Crippen molar-refractivity contribution in [1.82, 2.24) is 10.2 Å². The SMILES string of the molecule is CCCN(C)CC1(O)CCNCC1. The highest BCUT2D eigenvalue weighted by molar-refractivity contribution is 4.86. The second kappa shape index (κ2) is 4.94. The summed E-state index contributed by atoms with van der Waals surface area (Å²) < 4.78 is 0. The van der Waals surface area contributed by atoms with Crippen molar-refractivity contribution in [1.29, 1.82) is 0 Å². The summed E-state index contributed by atoms with van der Waals surface area (Å²) in [5.41, 5.74) is -0.435. The predicted octanol–water partition coefficient (Wildman–Crippen LogP) is 0.443. The zero-order chi connectivity index (χ0) is 9.73. The topological polar surface area (TPSA) is 35.5 Å². The third-order valence-corrected chi connectivity index (χ3v) is 2.70. The van der Waals surface area contributed by atoms with E-state index in [1.165, 1.54) is 0 Å². The molecule has 0 atom stereocenters. The highest BCUT2D eigenvalue weighted by Crippen LogP contribution is 2.18. The molecule has 0 aromatic carbocycles. The van der Waals surface area contributed by atoms with Gasteiger partial charge in [-0.2, -0.15) is 0 Å². The third kappa shape index (κ3) is 3.63. The summed E-state index contributed by atoms with van der Waals surface area (Å²) in [4.78, 5) is 2.23. The molecule has 1 rings (SSSR count). The maximum atomic E-state index is 10.2. The molecule has 3 nitrogen and oxygen atoms in total. The minimum Gasteiger partial charge on any atom is -0.388 e. The van der Waals surface area contributed by atoms with Crippen LogP contribution in [0.15, 0.2) is 0 Å². The van der Waals surface area contributed by atoms with Crippen LogP contribution in [0.3, 0.4) is 0 Å². The highest BCUT2D eigenvalue weighted by Gasteiger charge is 2.29. The largest absolute Gasteiger partial charge is 0.388 e. The van der Waals surface area contributed by atoms with Gasteiger partial charge in [-0.15, -0.1) is 0 Å². The number of piperidine rings is 1. The van der Waals surface area contributed by atoms with Gasteiger partial charge in [0, 0.05) is 6.54 Å². The van der Waals surface area contributed by atoms with Crippen LogP contribution < -0.4 is 5.32 Å². The number of nitrogens with one attached hydrogen (secondary N) is 1. The second-order valence-electron chi connectivity index (χ2n) is 4.21. The Morgan fingerprint density at radius 2 is 2.00 bits per heavy atom. The van der Waals surface area contributed by atoms with Gasteiger partial charge in [-0.1, -0.05) is 6.92 Å². The van der Waals surface area contributed by atoms with Crippen molar-refractivity contribution in [3.63, 3.8) is 0 Å². The maximum absolute atomic E-state index is 10.2. The van der Waals surface area contributed by atoms with E-state index in [2.05, 4.69) is 24.2 Å². The molecular formula is C10H22N2O. The van der Waals surface area contributed by atoms with E-state index in [0.717, 1.165) is 45.4 Å². The van der Waals surface area contributed by atoms with E-state index in [9.17, 15) is 5.11 Å². The van der Waals surface area contributed by atoms with Crippen LogP contribution in [0.1, 0.15) is 26.2 Å². The van der Waals surface area contributed by atoms with E-state index in [1.54, 1.807) is 0 Å². The summed E-state index contributed by atoms with van der Waals surface area (Å²) in [6.45, 7) is 5.98. The Hall–Kier alpha value is -0.120. The van der Waals surface area contributed by atoms with Gasteiger partial charge in [-0.05, 0) is 45.9 Å². The molecule has 0 aliphatic carbocycles. The van der Waals surface area contributed by atoms with Crippen molar-refractivity contribution in [2.45, 2.75) is 31.8 Å². The first-order chi connectivity index (χ1) is 6.16. The smallest absolute Gasteiger partial charge is 0.0798 e. The molecule has 0 bridgehead atoms. The molecule has 0 aromatic rings. The Morgan fingerprint density at radius 3 is 2.54 bits per heavy atom. The van der Waals surface area contributed by atoms with Crippen LogP contribution in [0.4, 0.5) is 0 Å². The molecule has 0 spiro atoms. The first-order valence-corrected chi connectivity index (χ1v) is 5.28. The van der Waals surface area contributed by atoms with E-state index >= 15 is 0 Å². The van der Waals surface area contributed by atoms with Gasteiger partial charge in [0.2, 0.25) is 0 Å². The minimum absolute atomic E-state index is 0.435. The summed E-state index contributed by atoms with van der Waals surface area (Å²) in [6, 6.07) is 0. The Labute approximate surface area is 81.1 Å². The van der Waals surface area contributed by atoms with Crippen LogP contribution in [0.2, 0.25) is 0 Å². The monoisotopic (exact) mass is 186 g/mol. The summed E-state index contributed by atoms with van der Waals surface area (Å²) in [5, 5.41) is 13.5. The maximum Gasteiger partial charge on any atom is 0.0798 e. The normalized spacial score (nSPS) is 22.2. The van der Waals surface area contributed by atoms with Crippen molar-refractivity contribution in [3.05, 3.63) is 0 Å². The fourth-order valence-corrected chi connectivity index (χ4v) is 2.01. The lowest BCUT2D eigenvalue weighted by Crippen LogP contribution is -2.49. The zero-order valence-corrected chi connectivity index (χ0v) is 8.84. The predicted molar refractivity (Wildman–Crippen MR) is 54.8 cm³/mol. The molecule has 0 radical (unpaired) electrons. The van der Waals surface area contributed by atoms with Gasteiger partial charge in [0.05, 0.1) is 5.60 Å². The molecule has 0 aromatic heterocycles. The molecule has 1 fully saturated rings. The van der Waals surface area contributed by atoms with Gasteiger partial charge in [0.15, 0.2) is 0 Å². The molecule has 3 heteroatoms. The first-order valence-electron chi connectivity index (χ1n) is 5.28. The molecular weight excluding hydrogens is 164 g/mol. The molecule has 1 aliphatic heterocycles. The lowest BCUT2D eigenvalue weighted by atomic mass is 9.92. The second-order valence-corrected chi connectivity index (χ2v) is 4.21. The van der Waals surface area contributed by atoms with Gasteiger partial charge < -0.3 is 15.3 Å². The quantitative estimate of drug-likeness (QED) is 0.669. The number of nitrogens with zero attached hydrogens (tertiary/aromatic N) is 1. The zero-order valence-electron chi connectivity index (χ0n) is 8.84. The fraction of sp³-hybridized carbons (Fsp3) is 1.00. The van der Waals surface area contributed by atoms with E-state index in [-0.39, 0.29) is 0 Å². The molecule has 13 heavy (non-hydrogen) atoms. The Kier molecular flexibility index (Phi) is 4.16. The molecule has 1 heterocycles. The van der Waals surface area contributed by atoms with Crippen molar-refractivity contribution >= 4 is 0 Å². The molecule has 78 valence electrons. The number of hydrogen-bond donors (Lipinski definition) is 2. The number of aliphatic hydroxyl groups is 1. The molecule has 1 saturated heterocycles. The average molecular weight is 186 g/mol. The summed E-state index contributed by atoms with van der Waals surface area (Å²) in [5.74, 6) is 0. The van der Waals surface area contributed by atoms with Gasteiger partial charge in [0.1, 0.15) is 0 Å². The van der Waals surface area contributed by atoms with Crippen molar-refractivity contribution in [2.24, 2.45) is 0 Å². The van der Waals surface area contributed by atoms with Gasteiger partial charge >= 0.3 is 0 Å². The standard InChI is InChI=1S/C10H22N2O/c1-3-8-12(2)9-10(13)4-6-11-7-5-10/h11,13H,3-9H2,1-2H3. The Balaban J connectivity index is 2.31. The first kappa shape index (κ1) is 11.0. The van der Waals surface area contributed by atoms with E-state index in [4.69, 9.17) is 0 Å². The molecule has 1 aliphatic rings. The number of hydrogen-bond acceptors (Lipinski definition) is 3. The summed E-state index contributed by atoms with van der Waals surface area (Å²) in [7, 11) is 2.09. The van der Waals surface area contributed by atoms with Crippen LogP contribution >= 0.6 is 0 Å². The molecule has 0 saturated carbocycles. The number of likely N-dealkylation sites (N-methyl/N-ethyl adjacent to an activating group) is 1. The highest BCUT2D eigenvalue weighted by atomic mass is 16.3. The molecule has 2 N–H and O–H groups in total. The average Bonchev–Trinajstić information content (AvgIpc) is 2.04. The van der Waals surface area contributed by atoms with E-state index < -0.39 is 5.60 Å². The Morgan fingerprint density at radius 1 is 1.38 bits per heavy atom. The van der Waals surface area contributed by atoms with Crippen LogP contribution in [0, 0.1) is 0 Å². The molecule has 0 unspecified atom stereocenters. The Bertz CT molecular complexity index is 144. The number of rotatable bonds is 4. The van der Waals surface area contributed by atoms with Gasteiger partial charge in [-0.25, -0.2) is 0 Å². The third-order valence-electron chi connectivity index (χ3n) is 2.70. The van der Waals surface area contributed by atoms with E-state index in [1.807, 2.05) is 0 Å². The lowest BCUT2D eigenvalue weighted by molar-refractivity contribution is -0.0152. The van der Waals surface area contributed by atoms with Crippen LogP contribution in [-0.4, -0.2) is 48.8 Å². The van der Waals surface area contributed by atoms with Gasteiger partial charge in [-0.3, -0.25) is 0 Å². The van der Waals surface area contributed by atoms with Gasteiger partial charge in [0.25, 0.3) is 0 Å². The van der Waals surface area contributed by atoms with Crippen LogP contribution in [-0.2, 0) is 0 Å². The fourth-order valence-electron chi connectivity index (χ4n) is 2.01. The summed E-state index contributed by atoms with van der Waals surface area (Å²) >= 11 is 0. The van der Waals surface area contributed by atoms with E-state index in [0.29, 0.717) is 0 Å². The summed E-state index contributed by atoms with van der Waals surface area (Å²) in [6.07, 6.45) is 2.94.